The number of amides is 1. The van der Waals surface area contributed by atoms with E-state index in [9.17, 15) is 14.9 Å². The molecule has 142 valence electrons. The first-order valence-corrected chi connectivity index (χ1v) is 8.48. The quantitative estimate of drug-likeness (QED) is 0.572. The summed E-state index contributed by atoms with van der Waals surface area (Å²) in [5, 5.41) is 11.4. The van der Waals surface area contributed by atoms with E-state index in [0.29, 0.717) is 24.7 Å². The number of nitrogens with zero attached hydrogens (tertiary/aromatic N) is 2. The molecule has 1 heterocycles. The highest BCUT2D eigenvalue weighted by Crippen LogP contribution is 2.37. The zero-order valence-electron chi connectivity index (χ0n) is 15.1. The van der Waals surface area contributed by atoms with E-state index in [-0.39, 0.29) is 30.2 Å². The summed E-state index contributed by atoms with van der Waals surface area (Å²) in [6.07, 6.45) is 0. The SMILES string of the molecule is Cc1cccc(OCCN(C)C(=O)c2cc3c(cc2[N+](=O)[O-])OCCO3)c1. The Morgan fingerprint density at radius 3 is 2.59 bits per heavy atom. The van der Waals surface area contributed by atoms with Gasteiger partial charge in [0.2, 0.25) is 0 Å². The molecule has 1 aliphatic rings. The fraction of sp³-hybridized carbons (Fsp3) is 0.316. The molecule has 2 aromatic rings. The second-order valence-corrected chi connectivity index (χ2v) is 6.16. The standard InChI is InChI=1S/C19H20N2O6/c1-13-4-3-5-14(10-13)25-7-6-20(2)19(22)15-11-17-18(27-9-8-26-17)12-16(15)21(23)24/h3-5,10-12H,6-9H2,1-2H3. The van der Waals surface area contributed by atoms with Gasteiger partial charge in [-0.3, -0.25) is 14.9 Å². The van der Waals surface area contributed by atoms with Crippen LogP contribution in [-0.4, -0.2) is 49.1 Å². The second-order valence-electron chi connectivity index (χ2n) is 6.16. The van der Waals surface area contributed by atoms with Crippen molar-refractivity contribution >= 4 is 11.6 Å². The first-order chi connectivity index (χ1) is 13.0. The van der Waals surface area contributed by atoms with Crippen LogP contribution >= 0.6 is 0 Å². The van der Waals surface area contributed by atoms with Gasteiger partial charge in [0.15, 0.2) is 11.5 Å². The summed E-state index contributed by atoms with van der Waals surface area (Å²) in [4.78, 5) is 24.9. The first kappa shape index (κ1) is 18.5. The molecular formula is C19H20N2O6. The van der Waals surface area contributed by atoms with Gasteiger partial charge < -0.3 is 19.1 Å². The number of hydrogen-bond donors (Lipinski definition) is 0. The minimum Gasteiger partial charge on any atom is -0.492 e. The molecule has 2 aromatic carbocycles. The Labute approximate surface area is 156 Å². The molecule has 8 nitrogen and oxygen atoms in total. The number of carbonyl (C=O) groups is 1. The minimum atomic E-state index is -0.595. The highest BCUT2D eigenvalue weighted by molar-refractivity contribution is 5.99. The van der Waals surface area contributed by atoms with Gasteiger partial charge in [0.25, 0.3) is 11.6 Å². The fourth-order valence-corrected chi connectivity index (χ4v) is 2.71. The Morgan fingerprint density at radius 2 is 1.93 bits per heavy atom. The third-order valence-electron chi connectivity index (χ3n) is 4.12. The molecule has 0 radical (unpaired) electrons. The van der Waals surface area contributed by atoms with Crippen LogP contribution in [0.5, 0.6) is 17.2 Å². The predicted molar refractivity (Wildman–Crippen MR) is 97.7 cm³/mol. The van der Waals surface area contributed by atoms with Gasteiger partial charge >= 0.3 is 0 Å². The summed E-state index contributed by atoms with van der Waals surface area (Å²) >= 11 is 0. The summed E-state index contributed by atoms with van der Waals surface area (Å²) in [7, 11) is 1.57. The lowest BCUT2D eigenvalue weighted by molar-refractivity contribution is -0.385. The number of likely N-dealkylation sites (N-methyl/N-ethyl adjacent to an activating group) is 1. The zero-order valence-corrected chi connectivity index (χ0v) is 15.1. The molecular weight excluding hydrogens is 352 g/mol. The molecule has 8 heteroatoms. The molecule has 0 unspecified atom stereocenters. The van der Waals surface area contributed by atoms with E-state index in [2.05, 4.69) is 0 Å². The van der Waals surface area contributed by atoms with Gasteiger partial charge in [-0.05, 0) is 24.6 Å². The maximum atomic E-state index is 12.7. The summed E-state index contributed by atoms with van der Waals surface area (Å²) in [5.41, 5.74) is 0.724. The first-order valence-electron chi connectivity index (χ1n) is 8.48. The van der Waals surface area contributed by atoms with Crippen molar-refractivity contribution in [3.63, 3.8) is 0 Å². The molecule has 0 N–H and O–H groups in total. The Morgan fingerprint density at radius 1 is 1.22 bits per heavy atom. The van der Waals surface area contributed by atoms with E-state index in [1.54, 1.807) is 7.05 Å². The normalized spacial score (nSPS) is 12.4. The summed E-state index contributed by atoms with van der Waals surface area (Å²) in [6, 6.07) is 10.2. The van der Waals surface area contributed by atoms with Crippen molar-refractivity contribution in [2.45, 2.75) is 6.92 Å². The van der Waals surface area contributed by atoms with Crippen LogP contribution in [0.2, 0.25) is 0 Å². The van der Waals surface area contributed by atoms with Crippen LogP contribution in [0.4, 0.5) is 5.69 Å². The van der Waals surface area contributed by atoms with Crippen LogP contribution in [-0.2, 0) is 0 Å². The highest BCUT2D eigenvalue weighted by Gasteiger charge is 2.28. The lowest BCUT2D eigenvalue weighted by Crippen LogP contribution is -2.31. The summed E-state index contributed by atoms with van der Waals surface area (Å²) in [5.74, 6) is 0.835. The van der Waals surface area contributed by atoms with Gasteiger partial charge in [-0.2, -0.15) is 0 Å². The zero-order chi connectivity index (χ0) is 19.4. The molecule has 0 saturated heterocycles. The third-order valence-corrected chi connectivity index (χ3v) is 4.12. The molecule has 0 aromatic heterocycles. The van der Waals surface area contributed by atoms with Crippen molar-refractivity contribution in [2.75, 3.05) is 33.4 Å². The fourth-order valence-electron chi connectivity index (χ4n) is 2.71. The number of nitro groups is 1. The maximum absolute atomic E-state index is 12.7. The van der Waals surface area contributed by atoms with Crippen LogP contribution in [0, 0.1) is 17.0 Å². The second kappa shape index (κ2) is 7.94. The molecule has 27 heavy (non-hydrogen) atoms. The smallest absolute Gasteiger partial charge is 0.286 e. The lowest BCUT2D eigenvalue weighted by atomic mass is 10.1. The molecule has 0 atom stereocenters. The number of rotatable bonds is 6. The van der Waals surface area contributed by atoms with Crippen LogP contribution < -0.4 is 14.2 Å². The Bertz CT molecular complexity index is 867. The van der Waals surface area contributed by atoms with Crippen molar-refractivity contribution in [2.24, 2.45) is 0 Å². The molecule has 0 bridgehead atoms. The largest absolute Gasteiger partial charge is 0.492 e. The topological polar surface area (TPSA) is 91.1 Å². The van der Waals surface area contributed by atoms with E-state index in [0.717, 1.165) is 5.56 Å². The monoisotopic (exact) mass is 372 g/mol. The van der Waals surface area contributed by atoms with E-state index in [4.69, 9.17) is 14.2 Å². The van der Waals surface area contributed by atoms with E-state index in [1.165, 1.54) is 17.0 Å². The number of ether oxygens (including phenoxy) is 3. The highest BCUT2D eigenvalue weighted by atomic mass is 16.6. The van der Waals surface area contributed by atoms with Gasteiger partial charge in [-0.25, -0.2) is 0 Å². The van der Waals surface area contributed by atoms with Gasteiger partial charge in [0.05, 0.1) is 17.5 Å². The third kappa shape index (κ3) is 4.28. The maximum Gasteiger partial charge on any atom is 0.286 e. The van der Waals surface area contributed by atoms with Gasteiger partial charge in [0.1, 0.15) is 31.1 Å². The van der Waals surface area contributed by atoms with Gasteiger partial charge in [-0.15, -0.1) is 0 Å². The van der Waals surface area contributed by atoms with Crippen LogP contribution in [0.3, 0.4) is 0 Å². The van der Waals surface area contributed by atoms with Gasteiger partial charge in [0, 0.05) is 13.1 Å². The number of hydrogen-bond acceptors (Lipinski definition) is 6. The van der Waals surface area contributed by atoms with Crippen molar-refractivity contribution in [1.82, 2.24) is 4.90 Å². The minimum absolute atomic E-state index is 0.0395. The van der Waals surface area contributed by atoms with Gasteiger partial charge in [-0.1, -0.05) is 12.1 Å². The number of nitro benzene ring substituents is 1. The van der Waals surface area contributed by atoms with Crippen LogP contribution in [0.1, 0.15) is 15.9 Å². The van der Waals surface area contributed by atoms with Crippen LogP contribution in [0.25, 0.3) is 0 Å². The van der Waals surface area contributed by atoms with Crippen molar-refractivity contribution in [3.05, 3.63) is 57.6 Å². The Hall–Kier alpha value is -3.29. The van der Waals surface area contributed by atoms with Crippen molar-refractivity contribution in [1.29, 1.82) is 0 Å². The molecule has 0 spiro atoms. The number of fused-ring (bicyclic) bond motifs is 1. The predicted octanol–water partition coefficient (Wildman–Crippen LogP) is 2.83. The molecule has 0 aliphatic carbocycles. The summed E-state index contributed by atoms with van der Waals surface area (Å²) in [6.45, 7) is 3.15. The van der Waals surface area contributed by atoms with E-state index >= 15 is 0 Å². The van der Waals surface area contributed by atoms with Crippen LogP contribution in [0.15, 0.2) is 36.4 Å². The Kier molecular flexibility index (Phi) is 5.44. The average Bonchev–Trinajstić information content (AvgIpc) is 2.66. The Balaban J connectivity index is 1.71. The number of benzene rings is 2. The molecule has 1 aliphatic heterocycles. The lowest BCUT2D eigenvalue weighted by Gasteiger charge is -2.21. The van der Waals surface area contributed by atoms with Crippen molar-refractivity contribution < 1.29 is 23.9 Å². The molecule has 0 fully saturated rings. The van der Waals surface area contributed by atoms with E-state index < -0.39 is 10.8 Å². The molecule has 3 rings (SSSR count). The number of carbonyl (C=O) groups excluding carboxylic acids is 1. The average molecular weight is 372 g/mol. The van der Waals surface area contributed by atoms with E-state index in [1.807, 2.05) is 31.2 Å². The molecule has 1 amide bonds. The molecule has 0 saturated carbocycles. The van der Waals surface area contributed by atoms with Crippen molar-refractivity contribution in [3.8, 4) is 17.2 Å². The summed E-state index contributed by atoms with van der Waals surface area (Å²) < 4.78 is 16.4. The number of aryl methyl sites for hydroxylation is 1.